The number of nitrogens with one attached hydrogen (secondary N) is 2. The smallest absolute Gasteiger partial charge is 0.317 e. The van der Waals surface area contributed by atoms with E-state index in [4.69, 9.17) is 39.9 Å². The van der Waals surface area contributed by atoms with Gasteiger partial charge in [-0.15, -0.1) is 0 Å². The maximum absolute atomic E-state index is 11.4. The summed E-state index contributed by atoms with van der Waals surface area (Å²) < 4.78 is 0. The lowest BCUT2D eigenvalue weighted by Crippen LogP contribution is -2.31. The molecule has 0 unspecified atom stereocenters. The van der Waals surface area contributed by atoms with Crippen LogP contribution in [0.25, 0.3) is 0 Å². The minimum atomic E-state index is -1.05. The molecular weight excluding hydrogens is 302 g/mol. The first-order chi connectivity index (χ1) is 8.40. The van der Waals surface area contributed by atoms with Gasteiger partial charge in [-0.25, -0.2) is 0 Å². The van der Waals surface area contributed by atoms with E-state index < -0.39 is 11.9 Å². The molecule has 8 heteroatoms. The van der Waals surface area contributed by atoms with Crippen LogP contribution in [-0.4, -0.2) is 30.1 Å². The third-order valence-corrected chi connectivity index (χ3v) is 2.88. The minimum Gasteiger partial charge on any atom is -0.480 e. The number of carboxylic acids is 1. The number of carbonyl (C=O) groups is 2. The van der Waals surface area contributed by atoms with Crippen LogP contribution in [0.3, 0.4) is 0 Å². The topological polar surface area (TPSA) is 78.4 Å². The van der Waals surface area contributed by atoms with Gasteiger partial charge in [0.25, 0.3) is 0 Å². The third-order valence-electron chi connectivity index (χ3n) is 1.85. The SMILES string of the molecule is O=C(O)CNCC(=O)Nc1cc(Cl)c(Cl)cc1Cl. The van der Waals surface area contributed by atoms with Gasteiger partial charge in [0.2, 0.25) is 5.91 Å². The predicted octanol–water partition coefficient (Wildman–Crippen LogP) is 2.26. The Labute approximate surface area is 118 Å². The first-order valence-electron chi connectivity index (χ1n) is 4.77. The highest BCUT2D eigenvalue weighted by Crippen LogP contribution is 2.32. The quantitative estimate of drug-likeness (QED) is 0.729. The monoisotopic (exact) mass is 310 g/mol. The van der Waals surface area contributed by atoms with Gasteiger partial charge < -0.3 is 10.4 Å². The van der Waals surface area contributed by atoms with Crippen molar-refractivity contribution in [3.63, 3.8) is 0 Å². The molecule has 1 aromatic carbocycles. The van der Waals surface area contributed by atoms with Crippen LogP contribution < -0.4 is 10.6 Å². The van der Waals surface area contributed by atoms with Crippen molar-refractivity contribution >= 4 is 52.4 Å². The molecule has 18 heavy (non-hydrogen) atoms. The van der Waals surface area contributed by atoms with E-state index in [0.29, 0.717) is 5.69 Å². The Kier molecular flexibility index (Phi) is 5.68. The van der Waals surface area contributed by atoms with Gasteiger partial charge in [-0.05, 0) is 12.1 Å². The summed E-state index contributed by atoms with van der Waals surface area (Å²) in [6.07, 6.45) is 0. The molecule has 0 bridgehead atoms. The second kappa shape index (κ2) is 6.80. The molecule has 0 spiro atoms. The summed E-state index contributed by atoms with van der Waals surface area (Å²) >= 11 is 17.4. The Bertz CT molecular complexity index is 480. The van der Waals surface area contributed by atoms with Crippen LogP contribution in [0.2, 0.25) is 15.1 Å². The Hall–Kier alpha value is -1.01. The number of hydrogen-bond donors (Lipinski definition) is 3. The molecule has 0 atom stereocenters. The second-order valence-corrected chi connectivity index (χ2v) is 4.51. The molecule has 0 aliphatic heterocycles. The number of halogens is 3. The molecular formula is C10H9Cl3N2O3. The van der Waals surface area contributed by atoms with Crippen molar-refractivity contribution in [2.45, 2.75) is 0 Å². The predicted molar refractivity (Wildman–Crippen MR) is 70.6 cm³/mol. The van der Waals surface area contributed by atoms with Crippen molar-refractivity contribution in [3.8, 4) is 0 Å². The number of carbonyl (C=O) groups excluding carboxylic acids is 1. The van der Waals surface area contributed by atoms with Crippen LogP contribution in [0.5, 0.6) is 0 Å². The fourth-order valence-corrected chi connectivity index (χ4v) is 1.69. The van der Waals surface area contributed by atoms with Gasteiger partial charge in [0, 0.05) is 0 Å². The van der Waals surface area contributed by atoms with Gasteiger partial charge in [0.05, 0.1) is 33.8 Å². The van der Waals surface area contributed by atoms with E-state index in [-0.39, 0.29) is 28.2 Å². The largest absolute Gasteiger partial charge is 0.480 e. The molecule has 0 fully saturated rings. The maximum atomic E-state index is 11.4. The van der Waals surface area contributed by atoms with E-state index in [1.165, 1.54) is 12.1 Å². The molecule has 0 heterocycles. The molecule has 0 saturated heterocycles. The molecule has 0 aliphatic rings. The van der Waals surface area contributed by atoms with Crippen LogP contribution >= 0.6 is 34.8 Å². The summed E-state index contributed by atoms with van der Waals surface area (Å²) in [5, 5.41) is 14.1. The third kappa shape index (κ3) is 4.70. The van der Waals surface area contributed by atoms with Crippen LogP contribution in [0.15, 0.2) is 12.1 Å². The summed E-state index contributed by atoms with van der Waals surface area (Å²) in [6, 6.07) is 2.83. The van der Waals surface area contributed by atoms with Crippen molar-refractivity contribution in [2.24, 2.45) is 0 Å². The Morgan fingerprint density at radius 2 is 1.67 bits per heavy atom. The molecule has 0 saturated carbocycles. The van der Waals surface area contributed by atoms with Crippen molar-refractivity contribution in [1.29, 1.82) is 0 Å². The van der Waals surface area contributed by atoms with E-state index in [1.54, 1.807) is 0 Å². The van der Waals surface area contributed by atoms with Gasteiger partial charge in [-0.3, -0.25) is 14.9 Å². The molecule has 5 nitrogen and oxygen atoms in total. The lowest BCUT2D eigenvalue weighted by atomic mass is 10.3. The van der Waals surface area contributed by atoms with E-state index >= 15 is 0 Å². The highest BCUT2D eigenvalue weighted by Gasteiger charge is 2.09. The van der Waals surface area contributed by atoms with Crippen LogP contribution in [0.4, 0.5) is 5.69 Å². The number of rotatable bonds is 5. The van der Waals surface area contributed by atoms with Gasteiger partial charge >= 0.3 is 5.97 Å². The number of amides is 1. The average molecular weight is 312 g/mol. The van der Waals surface area contributed by atoms with E-state index in [2.05, 4.69) is 10.6 Å². The molecule has 0 aliphatic carbocycles. The van der Waals surface area contributed by atoms with Gasteiger partial charge in [0.1, 0.15) is 0 Å². The van der Waals surface area contributed by atoms with Crippen molar-refractivity contribution in [3.05, 3.63) is 27.2 Å². The number of benzene rings is 1. The van der Waals surface area contributed by atoms with E-state index in [0.717, 1.165) is 0 Å². The lowest BCUT2D eigenvalue weighted by Gasteiger charge is -2.08. The normalized spacial score (nSPS) is 10.2. The first kappa shape index (κ1) is 15.0. The van der Waals surface area contributed by atoms with Crippen molar-refractivity contribution in [2.75, 3.05) is 18.4 Å². The zero-order valence-electron chi connectivity index (χ0n) is 8.97. The average Bonchev–Trinajstić information content (AvgIpc) is 2.25. The Balaban J connectivity index is 2.59. The summed E-state index contributed by atoms with van der Waals surface area (Å²) in [4.78, 5) is 21.7. The molecule has 98 valence electrons. The van der Waals surface area contributed by atoms with Gasteiger partial charge in [0.15, 0.2) is 0 Å². The molecule has 3 N–H and O–H groups in total. The molecule has 0 aromatic heterocycles. The standard InChI is InChI=1S/C10H9Cl3N2O3/c11-5-1-7(13)8(2-6(5)12)15-9(16)3-14-4-10(17)18/h1-2,14H,3-4H2,(H,15,16)(H,17,18). The maximum Gasteiger partial charge on any atom is 0.317 e. The van der Waals surface area contributed by atoms with Crippen molar-refractivity contribution in [1.82, 2.24) is 5.32 Å². The summed E-state index contributed by atoms with van der Waals surface area (Å²) in [5.41, 5.74) is 0.313. The van der Waals surface area contributed by atoms with Crippen LogP contribution in [-0.2, 0) is 9.59 Å². The molecule has 1 amide bonds. The number of aliphatic carboxylic acids is 1. The molecule has 0 radical (unpaired) electrons. The summed E-state index contributed by atoms with van der Waals surface area (Å²) in [6.45, 7) is -0.453. The second-order valence-electron chi connectivity index (χ2n) is 3.29. The fraction of sp³-hybridized carbons (Fsp3) is 0.200. The van der Waals surface area contributed by atoms with Crippen molar-refractivity contribution < 1.29 is 14.7 Å². The molecule has 1 aromatic rings. The van der Waals surface area contributed by atoms with E-state index in [1.807, 2.05) is 0 Å². The molecule has 1 rings (SSSR count). The Morgan fingerprint density at radius 1 is 1.06 bits per heavy atom. The number of carboxylic acid groups (broad SMARTS) is 1. The number of anilines is 1. The highest BCUT2D eigenvalue weighted by molar-refractivity contribution is 6.44. The zero-order chi connectivity index (χ0) is 13.7. The minimum absolute atomic E-state index is 0.150. The highest BCUT2D eigenvalue weighted by atomic mass is 35.5. The van der Waals surface area contributed by atoms with Gasteiger partial charge in [-0.1, -0.05) is 34.8 Å². The fourth-order valence-electron chi connectivity index (χ4n) is 1.10. The first-order valence-corrected chi connectivity index (χ1v) is 5.90. The van der Waals surface area contributed by atoms with E-state index in [9.17, 15) is 9.59 Å². The Morgan fingerprint density at radius 3 is 2.28 bits per heavy atom. The summed E-state index contributed by atoms with van der Waals surface area (Å²) in [5.74, 6) is -1.48. The summed E-state index contributed by atoms with van der Waals surface area (Å²) in [7, 11) is 0. The van der Waals surface area contributed by atoms with Gasteiger partial charge in [-0.2, -0.15) is 0 Å². The number of hydrogen-bond acceptors (Lipinski definition) is 3. The van der Waals surface area contributed by atoms with Crippen LogP contribution in [0.1, 0.15) is 0 Å². The lowest BCUT2D eigenvalue weighted by molar-refractivity contribution is -0.135. The zero-order valence-corrected chi connectivity index (χ0v) is 11.2. The van der Waals surface area contributed by atoms with Crippen LogP contribution in [0, 0.1) is 0 Å².